The molecule has 8 heteroatoms. The lowest BCUT2D eigenvalue weighted by Gasteiger charge is -2.24. The van der Waals surface area contributed by atoms with Gasteiger partial charge in [0.1, 0.15) is 6.10 Å². The van der Waals surface area contributed by atoms with Gasteiger partial charge in [-0.3, -0.25) is 9.59 Å². The maximum Gasteiger partial charge on any atom is 0.417 e. The van der Waals surface area contributed by atoms with Gasteiger partial charge in [-0.1, -0.05) is 12.1 Å². The van der Waals surface area contributed by atoms with Gasteiger partial charge in [0.15, 0.2) is 0 Å². The number of carbonyl (C=O) groups is 2. The first kappa shape index (κ1) is 18.7. The van der Waals surface area contributed by atoms with Crippen LogP contribution in [0.25, 0.3) is 0 Å². The zero-order valence-corrected chi connectivity index (χ0v) is 14.3. The molecule has 2 aliphatic rings. The molecule has 3 rings (SSSR count). The van der Waals surface area contributed by atoms with Crippen LogP contribution in [0, 0.1) is 0 Å². The molecule has 1 unspecified atom stereocenters. The highest BCUT2D eigenvalue weighted by atomic mass is 19.4. The van der Waals surface area contributed by atoms with E-state index in [-0.39, 0.29) is 18.0 Å². The number of amides is 2. The molecule has 2 heterocycles. The zero-order chi connectivity index (χ0) is 18.7. The highest BCUT2D eigenvalue weighted by molar-refractivity contribution is 5.96. The van der Waals surface area contributed by atoms with Crippen molar-refractivity contribution >= 4 is 11.8 Å². The second kappa shape index (κ2) is 7.65. The average molecular weight is 370 g/mol. The molecule has 1 atom stereocenters. The van der Waals surface area contributed by atoms with Gasteiger partial charge in [0.05, 0.1) is 11.1 Å². The standard InChI is InChI=1S/C18H21F3N2O3/c19-18(20,21)14-6-2-1-5-13(14)16(24)22-8-4-9-23(11-10-22)17(25)15-7-3-12-26-15/h1-2,5-6,15H,3-4,7-12H2. The van der Waals surface area contributed by atoms with Crippen LogP contribution in [-0.4, -0.2) is 60.5 Å². The summed E-state index contributed by atoms with van der Waals surface area (Å²) in [6.07, 6.45) is -2.94. The molecule has 2 amide bonds. The van der Waals surface area contributed by atoms with Crippen molar-refractivity contribution in [2.45, 2.75) is 31.5 Å². The smallest absolute Gasteiger partial charge is 0.368 e. The third-order valence-corrected chi connectivity index (χ3v) is 4.76. The Kier molecular flexibility index (Phi) is 5.50. The number of benzene rings is 1. The molecule has 1 aromatic carbocycles. The minimum Gasteiger partial charge on any atom is -0.368 e. The largest absolute Gasteiger partial charge is 0.417 e. The van der Waals surface area contributed by atoms with Crippen LogP contribution in [0.1, 0.15) is 35.2 Å². The fraction of sp³-hybridized carbons (Fsp3) is 0.556. The van der Waals surface area contributed by atoms with Crippen molar-refractivity contribution in [2.75, 3.05) is 32.8 Å². The molecule has 5 nitrogen and oxygen atoms in total. The van der Waals surface area contributed by atoms with Gasteiger partial charge in [-0.15, -0.1) is 0 Å². The summed E-state index contributed by atoms with van der Waals surface area (Å²) in [6.45, 7) is 1.88. The normalized spacial score (nSPS) is 21.6. The van der Waals surface area contributed by atoms with Gasteiger partial charge < -0.3 is 14.5 Å². The van der Waals surface area contributed by atoms with Crippen LogP contribution in [0.3, 0.4) is 0 Å². The van der Waals surface area contributed by atoms with E-state index in [1.807, 2.05) is 0 Å². The SMILES string of the molecule is O=C(c1ccccc1C(F)(F)F)N1CCCN(C(=O)C2CCCO2)CC1. The van der Waals surface area contributed by atoms with Crippen molar-refractivity contribution in [3.05, 3.63) is 35.4 Å². The van der Waals surface area contributed by atoms with Gasteiger partial charge in [-0.2, -0.15) is 13.2 Å². The van der Waals surface area contributed by atoms with Crippen molar-refractivity contribution in [2.24, 2.45) is 0 Å². The van der Waals surface area contributed by atoms with Gasteiger partial charge in [0.2, 0.25) is 0 Å². The Morgan fingerprint density at radius 1 is 1.00 bits per heavy atom. The van der Waals surface area contributed by atoms with E-state index in [9.17, 15) is 22.8 Å². The molecule has 0 aromatic heterocycles. The first-order chi connectivity index (χ1) is 12.4. The Balaban J connectivity index is 1.69. The summed E-state index contributed by atoms with van der Waals surface area (Å²) in [6, 6.07) is 4.81. The van der Waals surface area contributed by atoms with E-state index >= 15 is 0 Å². The number of rotatable bonds is 2. The number of hydrogen-bond donors (Lipinski definition) is 0. The zero-order valence-electron chi connectivity index (χ0n) is 14.3. The summed E-state index contributed by atoms with van der Waals surface area (Å²) in [5, 5.41) is 0. The number of ether oxygens (including phenoxy) is 1. The van der Waals surface area contributed by atoms with E-state index in [4.69, 9.17) is 4.74 Å². The molecule has 0 bridgehead atoms. The number of alkyl halides is 3. The number of hydrogen-bond acceptors (Lipinski definition) is 3. The molecule has 0 aliphatic carbocycles. The molecule has 1 aromatic rings. The monoisotopic (exact) mass is 370 g/mol. The maximum absolute atomic E-state index is 13.2. The Bertz CT molecular complexity index is 672. The summed E-state index contributed by atoms with van der Waals surface area (Å²) in [5.41, 5.74) is -1.28. The van der Waals surface area contributed by atoms with E-state index in [2.05, 4.69) is 0 Å². The lowest BCUT2D eigenvalue weighted by Crippen LogP contribution is -2.42. The summed E-state index contributed by atoms with van der Waals surface area (Å²) < 4.78 is 44.9. The van der Waals surface area contributed by atoms with Crippen LogP contribution < -0.4 is 0 Å². The topological polar surface area (TPSA) is 49.9 Å². The van der Waals surface area contributed by atoms with Crippen LogP contribution in [0.4, 0.5) is 13.2 Å². The van der Waals surface area contributed by atoms with Crippen LogP contribution in [0.15, 0.2) is 24.3 Å². The lowest BCUT2D eigenvalue weighted by molar-refractivity contribution is -0.140. The second-order valence-corrected chi connectivity index (χ2v) is 6.52. The van der Waals surface area contributed by atoms with Gasteiger partial charge in [0.25, 0.3) is 11.8 Å². The molecule has 2 fully saturated rings. The predicted molar refractivity (Wildman–Crippen MR) is 87.5 cm³/mol. The summed E-state index contributed by atoms with van der Waals surface area (Å²) in [4.78, 5) is 28.1. The first-order valence-corrected chi connectivity index (χ1v) is 8.74. The van der Waals surface area contributed by atoms with Crippen LogP contribution in [-0.2, 0) is 15.7 Å². The highest BCUT2D eigenvalue weighted by Gasteiger charge is 2.36. The van der Waals surface area contributed by atoms with Gasteiger partial charge >= 0.3 is 6.18 Å². The molecular weight excluding hydrogens is 349 g/mol. The summed E-state index contributed by atoms with van der Waals surface area (Å²) >= 11 is 0. The molecule has 142 valence electrons. The molecule has 2 saturated heterocycles. The molecule has 0 radical (unpaired) electrons. The minimum absolute atomic E-state index is 0.0903. The molecule has 0 spiro atoms. The second-order valence-electron chi connectivity index (χ2n) is 6.52. The van der Waals surface area contributed by atoms with Crippen molar-refractivity contribution < 1.29 is 27.5 Å². The Hall–Kier alpha value is -2.09. The molecule has 0 N–H and O–H groups in total. The fourth-order valence-corrected chi connectivity index (χ4v) is 3.40. The number of halogens is 3. The van der Waals surface area contributed by atoms with Crippen molar-refractivity contribution in [1.82, 2.24) is 9.80 Å². The van der Waals surface area contributed by atoms with Gasteiger partial charge in [-0.25, -0.2) is 0 Å². The molecule has 2 aliphatic heterocycles. The van der Waals surface area contributed by atoms with Crippen molar-refractivity contribution in [3.63, 3.8) is 0 Å². The number of carbonyl (C=O) groups excluding carboxylic acids is 2. The summed E-state index contributed by atoms with van der Waals surface area (Å²) in [7, 11) is 0. The highest BCUT2D eigenvalue weighted by Crippen LogP contribution is 2.32. The third-order valence-electron chi connectivity index (χ3n) is 4.76. The van der Waals surface area contributed by atoms with Crippen molar-refractivity contribution in [1.29, 1.82) is 0 Å². The van der Waals surface area contributed by atoms with Crippen LogP contribution in [0.2, 0.25) is 0 Å². The maximum atomic E-state index is 13.2. The van der Waals surface area contributed by atoms with Crippen LogP contribution >= 0.6 is 0 Å². The summed E-state index contributed by atoms with van der Waals surface area (Å²) in [5.74, 6) is -0.739. The molecular formula is C18H21F3N2O3. The lowest BCUT2D eigenvalue weighted by atomic mass is 10.1. The first-order valence-electron chi connectivity index (χ1n) is 8.74. The van der Waals surface area contributed by atoms with Gasteiger partial charge in [-0.05, 0) is 31.4 Å². The molecule has 0 saturated carbocycles. The van der Waals surface area contributed by atoms with E-state index in [0.717, 1.165) is 12.5 Å². The van der Waals surface area contributed by atoms with Crippen LogP contribution in [0.5, 0.6) is 0 Å². The number of nitrogens with zero attached hydrogens (tertiary/aromatic N) is 2. The Labute approximate surface area is 149 Å². The minimum atomic E-state index is -4.58. The molecule has 26 heavy (non-hydrogen) atoms. The fourth-order valence-electron chi connectivity index (χ4n) is 3.40. The Morgan fingerprint density at radius 2 is 1.69 bits per heavy atom. The van der Waals surface area contributed by atoms with E-state index < -0.39 is 23.8 Å². The van der Waals surface area contributed by atoms with Crippen molar-refractivity contribution in [3.8, 4) is 0 Å². The predicted octanol–water partition coefficient (Wildman–Crippen LogP) is 2.56. The van der Waals surface area contributed by atoms with E-state index in [0.29, 0.717) is 39.1 Å². The van der Waals surface area contributed by atoms with E-state index in [1.54, 1.807) is 4.90 Å². The third kappa shape index (κ3) is 4.00. The quantitative estimate of drug-likeness (QED) is 0.804. The Morgan fingerprint density at radius 3 is 2.38 bits per heavy atom. The van der Waals surface area contributed by atoms with E-state index in [1.165, 1.54) is 23.1 Å². The average Bonchev–Trinajstić information content (AvgIpc) is 3.04. The van der Waals surface area contributed by atoms with Gasteiger partial charge in [0, 0.05) is 32.8 Å².